The molecule has 15 heavy (non-hydrogen) atoms. The van der Waals surface area contributed by atoms with Crippen molar-refractivity contribution in [2.75, 3.05) is 5.32 Å². The van der Waals surface area contributed by atoms with Gasteiger partial charge in [0.05, 0.1) is 0 Å². The predicted molar refractivity (Wildman–Crippen MR) is 60.2 cm³/mol. The van der Waals surface area contributed by atoms with Gasteiger partial charge < -0.3 is 10.4 Å². The van der Waals surface area contributed by atoms with E-state index in [9.17, 15) is 4.79 Å². The summed E-state index contributed by atoms with van der Waals surface area (Å²) in [6.07, 6.45) is 6.70. The number of carboxylic acids is 1. The lowest BCUT2D eigenvalue weighted by Gasteiger charge is -2.12. The number of aromatic carboxylic acids is 1. The van der Waals surface area contributed by atoms with Gasteiger partial charge in [0.15, 0.2) is 10.8 Å². The fraction of sp³-hybridized carbons (Fsp3) is 0.400. The molecule has 0 aliphatic rings. The second kappa shape index (κ2) is 5.37. The number of thiazole rings is 1. The van der Waals surface area contributed by atoms with Gasteiger partial charge in [0, 0.05) is 17.8 Å². The summed E-state index contributed by atoms with van der Waals surface area (Å²) in [4.78, 5) is 14.5. The highest BCUT2D eigenvalue weighted by atomic mass is 32.1. The highest BCUT2D eigenvalue weighted by Crippen LogP contribution is 2.17. The number of carboxylic acid groups (broad SMARTS) is 1. The second-order valence-corrected chi connectivity index (χ2v) is 3.86. The molecule has 1 atom stereocenters. The predicted octanol–water partition coefficient (Wildman–Crippen LogP) is 2.06. The number of hydrogen-bond acceptors (Lipinski definition) is 4. The first kappa shape index (κ1) is 11.5. The van der Waals surface area contributed by atoms with Gasteiger partial charge in [-0.05, 0) is 6.42 Å². The van der Waals surface area contributed by atoms with Gasteiger partial charge in [-0.15, -0.1) is 23.7 Å². The quantitative estimate of drug-likeness (QED) is 0.751. The Balaban J connectivity index is 2.64. The minimum absolute atomic E-state index is 0.0676. The lowest BCUT2D eigenvalue weighted by atomic mass is 10.2. The summed E-state index contributed by atoms with van der Waals surface area (Å²) < 4.78 is 0. The topological polar surface area (TPSA) is 62.2 Å². The molecule has 0 bridgehead atoms. The third-order valence-corrected chi connectivity index (χ3v) is 2.68. The molecule has 0 aliphatic heterocycles. The van der Waals surface area contributed by atoms with Crippen LogP contribution in [-0.4, -0.2) is 22.1 Å². The van der Waals surface area contributed by atoms with E-state index in [-0.39, 0.29) is 11.7 Å². The van der Waals surface area contributed by atoms with Crippen LogP contribution in [-0.2, 0) is 0 Å². The Labute approximate surface area is 92.4 Å². The lowest BCUT2D eigenvalue weighted by Crippen LogP contribution is -2.17. The van der Waals surface area contributed by atoms with Gasteiger partial charge in [-0.25, -0.2) is 9.78 Å². The zero-order chi connectivity index (χ0) is 11.3. The fourth-order valence-corrected chi connectivity index (χ4v) is 1.82. The van der Waals surface area contributed by atoms with Gasteiger partial charge in [0.1, 0.15) is 0 Å². The summed E-state index contributed by atoms with van der Waals surface area (Å²) in [6.45, 7) is 2.01. The molecular weight excluding hydrogens is 212 g/mol. The van der Waals surface area contributed by atoms with E-state index in [1.54, 1.807) is 0 Å². The molecule has 0 aliphatic carbocycles. The molecule has 4 nitrogen and oxygen atoms in total. The SMILES string of the molecule is C#CCC(CC)Nc1nc(C(=O)O)cs1. The van der Waals surface area contributed by atoms with Gasteiger partial charge in [0.2, 0.25) is 0 Å². The zero-order valence-corrected chi connectivity index (χ0v) is 9.17. The third-order valence-electron chi connectivity index (χ3n) is 1.91. The Morgan fingerprint density at radius 2 is 2.60 bits per heavy atom. The molecule has 0 saturated heterocycles. The monoisotopic (exact) mass is 224 g/mol. The molecule has 2 N–H and O–H groups in total. The van der Waals surface area contributed by atoms with Crippen molar-refractivity contribution < 1.29 is 9.90 Å². The Bertz CT molecular complexity index is 381. The van der Waals surface area contributed by atoms with Gasteiger partial charge in [-0.1, -0.05) is 6.92 Å². The number of hydrogen-bond donors (Lipinski definition) is 2. The van der Waals surface area contributed by atoms with Crippen LogP contribution < -0.4 is 5.32 Å². The van der Waals surface area contributed by atoms with Crippen LogP contribution >= 0.6 is 11.3 Å². The Morgan fingerprint density at radius 1 is 1.87 bits per heavy atom. The highest BCUT2D eigenvalue weighted by molar-refractivity contribution is 7.13. The van der Waals surface area contributed by atoms with E-state index in [0.717, 1.165) is 6.42 Å². The van der Waals surface area contributed by atoms with Crippen LogP contribution in [0.25, 0.3) is 0 Å². The number of anilines is 1. The van der Waals surface area contributed by atoms with Crippen LogP contribution in [0.4, 0.5) is 5.13 Å². The summed E-state index contributed by atoms with van der Waals surface area (Å²) in [5, 5.41) is 13.9. The molecule has 0 aromatic carbocycles. The van der Waals surface area contributed by atoms with Crippen LogP contribution in [0.1, 0.15) is 30.3 Å². The van der Waals surface area contributed by atoms with E-state index in [1.165, 1.54) is 16.7 Å². The number of carbonyl (C=O) groups is 1. The van der Waals surface area contributed by atoms with E-state index in [0.29, 0.717) is 11.6 Å². The van der Waals surface area contributed by atoms with Crippen molar-refractivity contribution in [2.24, 2.45) is 0 Å². The standard InChI is InChI=1S/C10H12N2O2S/c1-3-5-7(4-2)11-10-12-8(6-15-10)9(13)14/h1,6-7H,4-5H2,2H3,(H,11,12)(H,13,14). The van der Waals surface area contributed by atoms with E-state index in [4.69, 9.17) is 11.5 Å². The molecule has 5 heteroatoms. The van der Waals surface area contributed by atoms with E-state index in [1.807, 2.05) is 6.92 Å². The third kappa shape index (κ3) is 3.26. The van der Waals surface area contributed by atoms with E-state index < -0.39 is 5.97 Å². The Hall–Kier alpha value is -1.54. The van der Waals surface area contributed by atoms with Crippen molar-refractivity contribution in [1.82, 2.24) is 4.98 Å². The Morgan fingerprint density at radius 3 is 3.07 bits per heavy atom. The van der Waals surface area contributed by atoms with Gasteiger partial charge in [-0.3, -0.25) is 0 Å². The van der Waals surface area contributed by atoms with Crippen LogP contribution in [0.5, 0.6) is 0 Å². The molecular formula is C10H12N2O2S. The van der Waals surface area contributed by atoms with Gasteiger partial charge in [-0.2, -0.15) is 0 Å². The maximum absolute atomic E-state index is 10.6. The summed E-state index contributed by atoms with van der Waals surface area (Å²) in [5.74, 6) is 1.56. The average molecular weight is 224 g/mol. The first-order valence-corrected chi connectivity index (χ1v) is 5.44. The molecule has 1 aromatic heterocycles. The molecule has 0 saturated carbocycles. The van der Waals surface area contributed by atoms with Crippen LogP contribution in [0, 0.1) is 12.3 Å². The maximum atomic E-state index is 10.6. The normalized spacial score (nSPS) is 11.7. The van der Waals surface area contributed by atoms with Crippen LogP contribution in [0.2, 0.25) is 0 Å². The van der Waals surface area contributed by atoms with E-state index in [2.05, 4.69) is 16.2 Å². The molecule has 0 radical (unpaired) electrons. The lowest BCUT2D eigenvalue weighted by molar-refractivity contribution is 0.0691. The molecule has 1 unspecified atom stereocenters. The van der Waals surface area contributed by atoms with Crippen molar-refractivity contribution in [3.63, 3.8) is 0 Å². The van der Waals surface area contributed by atoms with Crippen molar-refractivity contribution >= 4 is 22.4 Å². The molecule has 80 valence electrons. The average Bonchev–Trinajstić information content (AvgIpc) is 2.65. The molecule has 1 rings (SSSR count). The van der Waals surface area contributed by atoms with Gasteiger partial charge >= 0.3 is 5.97 Å². The largest absolute Gasteiger partial charge is 0.476 e. The van der Waals surface area contributed by atoms with Crippen molar-refractivity contribution in [3.05, 3.63) is 11.1 Å². The van der Waals surface area contributed by atoms with Crippen molar-refractivity contribution in [2.45, 2.75) is 25.8 Å². The number of rotatable bonds is 5. The van der Waals surface area contributed by atoms with Crippen molar-refractivity contribution in [1.29, 1.82) is 0 Å². The molecule has 0 amide bonds. The van der Waals surface area contributed by atoms with Crippen LogP contribution in [0.15, 0.2) is 5.38 Å². The minimum Gasteiger partial charge on any atom is -0.476 e. The number of terminal acetylenes is 1. The van der Waals surface area contributed by atoms with E-state index >= 15 is 0 Å². The summed E-state index contributed by atoms with van der Waals surface area (Å²) in [7, 11) is 0. The van der Waals surface area contributed by atoms with Crippen LogP contribution in [0.3, 0.4) is 0 Å². The number of nitrogens with one attached hydrogen (secondary N) is 1. The first-order chi connectivity index (χ1) is 7.17. The fourth-order valence-electron chi connectivity index (χ4n) is 1.05. The summed E-state index contributed by atoms with van der Waals surface area (Å²) in [6, 6.07) is 0.155. The Kier molecular flexibility index (Phi) is 4.13. The zero-order valence-electron chi connectivity index (χ0n) is 8.36. The van der Waals surface area contributed by atoms with Crippen molar-refractivity contribution in [3.8, 4) is 12.3 Å². The number of aromatic nitrogens is 1. The highest BCUT2D eigenvalue weighted by Gasteiger charge is 2.11. The summed E-state index contributed by atoms with van der Waals surface area (Å²) >= 11 is 1.28. The minimum atomic E-state index is -1.01. The van der Waals surface area contributed by atoms with Gasteiger partial charge in [0.25, 0.3) is 0 Å². The second-order valence-electron chi connectivity index (χ2n) is 3.00. The first-order valence-electron chi connectivity index (χ1n) is 4.56. The molecule has 1 heterocycles. The summed E-state index contributed by atoms with van der Waals surface area (Å²) in [5.41, 5.74) is 0.0676. The number of nitrogens with zero attached hydrogens (tertiary/aromatic N) is 1. The maximum Gasteiger partial charge on any atom is 0.355 e. The smallest absolute Gasteiger partial charge is 0.355 e. The molecule has 0 spiro atoms. The molecule has 0 fully saturated rings. The molecule has 1 aromatic rings.